The van der Waals surface area contributed by atoms with Gasteiger partial charge in [-0.25, -0.2) is 0 Å². The molecule has 0 saturated carbocycles. The summed E-state index contributed by atoms with van der Waals surface area (Å²) >= 11 is 0. The van der Waals surface area contributed by atoms with Gasteiger partial charge in [-0.1, -0.05) is 0 Å². The van der Waals surface area contributed by atoms with E-state index in [1.54, 1.807) is 0 Å². The molecular weight excluding hydrogens is 182 g/mol. The molecule has 1 heterocycles. The van der Waals surface area contributed by atoms with Gasteiger partial charge in [-0.2, -0.15) is 5.26 Å². The summed E-state index contributed by atoms with van der Waals surface area (Å²) in [6.45, 7) is 2.38. The Morgan fingerprint density at radius 1 is 1.36 bits per heavy atom. The highest BCUT2D eigenvalue weighted by Gasteiger charge is 2.14. The van der Waals surface area contributed by atoms with E-state index in [9.17, 15) is 0 Å². The molecule has 1 rings (SSSR count). The van der Waals surface area contributed by atoms with Gasteiger partial charge in [-0.05, 0) is 19.3 Å². The second-order valence-corrected chi connectivity index (χ2v) is 3.23. The predicted octanol–water partition coefficient (Wildman–Crippen LogP) is 1.46. The Morgan fingerprint density at radius 3 is 2.93 bits per heavy atom. The van der Waals surface area contributed by atoms with Crippen molar-refractivity contribution in [3.05, 3.63) is 0 Å². The molecular formula is C10H17NO3. The van der Waals surface area contributed by atoms with Crippen LogP contribution < -0.4 is 0 Å². The third-order valence-electron chi connectivity index (χ3n) is 2.04. The maximum atomic E-state index is 8.20. The van der Waals surface area contributed by atoms with E-state index < -0.39 is 0 Å². The van der Waals surface area contributed by atoms with Gasteiger partial charge in [0.15, 0.2) is 6.29 Å². The molecule has 0 aromatic heterocycles. The van der Waals surface area contributed by atoms with Gasteiger partial charge in [0.05, 0.1) is 6.07 Å². The first-order chi connectivity index (χ1) is 6.93. The molecule has 1 aliphatic heterocycles. The molecule has 0 radical (unpaired) electrons. The van der Waals surface area contributed by atoms with Crippen molar-refractivity contribution < 1.29 is 14.2 Å². The molecule has 4 heteroatoms. The molecule has 0 bridgehead atoms. The third kappa shape index (κ3) is 5.18. The van der Waals surface area contributed by atoms with E-state index in [1.807, 2.05) is 6.07 Å². The summed E-state index contributed by atoms with van der Waals surface area (Å²) < 4.78 is 15.8. The Kier molecular flexibility index (Phi) is 6.33. The molecule has 0 amide bonds. The third-order valence-corrected chi connectivity index (χ3v) is 2.04. The van der Waals surface area contributed by atoms with Gasteiger partial charge in [-0.15, -0.1) is 0 Å². The highest BCUT2D eigenvalue weighted by Crippen LogP contribution is 2.13. The van der Waals surface area contributed by atoms with E-state index in [4.69, 9.17) is 19.5 Å². The van der Waals surface area contributed by atoms with Crippen molar-refractivity contribution in [2.24, 2.45) is 0 Å². The van der Waals surface area contributed by atoms with Crippen molar-refractivity contribution >= 4 is 0 Å². The molecule has 14 heavy (non-hydrogen) atoms. The smallest absolute Gasteiger partial charge is 0.157 e. The zero-order valence-electron chi connectivity index (χ0n) is 8.41. The summed E-state index contributed by atoms with van der Waals surface area (Å²) in [7, 11) is 0. The SMILES string of the molecule is N#CCOCCCCOC1CCCO1. The Bertz CT molecular complexity index is 173. The Hall–Kier alpha value is -0.630. The van der Waals surface area contributed by atoms with Crippen LogP contribution in [0.1, 0.15) is 25.7 Å². The molecule has 1 unspecified atom stereocenters. The molecule has 0 spiro atoms. The number of nitrogens with zero attached hydrogens (tertiary/aromatic N) is 1. The first-order valence-corrected chi connectivity index (χ1v) is 5.11. The lowest BCUT2D eigenvalue weighted by Crippen LogP contribution is -2.11. The predicted molar refractivity (Wildman–Crippen MR) is 50.6 cm³/mol. The zero-order chi connectivity index (χ0) is 10.1. The molecule has 4 nitrogen and oxygen atoms in total. The maximum Gasteiger partial charge on any atom is 0.157 e. The van der Waals surface area contributed by atoms with Crippen molar-refractivity contribution in [1.82, 2.24) is 0 Å². The first kappa shape index (κ1) is 11.4. The summed E-state index contributed by atoms with van der Waals surface area (Å²) in [6, 6.07) is 1.93. The minimum absolute atomic E-state index is 0.0232. The van der Waals surface area contributed by atoms with Gasteiger partial charge in [0.25, 0.3) is 0 Å². The van der Waals surface area contributed by atoms with E-state index in [2.05, 4.69) is 0 Å². The van der Waals surface area contributed by atoms with Gasteiger partial charge >= 0.3 is 0 Å². The fourth-order valence-electron chi connectivity index (χ4n) is 1.32. The van der Waals surface area contributed by atoms with Crippen molar-refractivity contribution in [1.29, 1.82) is 5.26 Å². The topological polar surface area (TPSA) is 51.5 Å². The van der Waals surface area contributed by atoms with Gasteiger partial charge < -0.3 is 14.2 Å². The van der Waals surface area contributed by atoms with Crippen LogP contribution in [0.15, 0.2) is 0 Å². The molecule has 1 fully saturated rings. The maximum absolute atomic E-state index is 8.20. The molecule has 0 N–H and O–H groups in total. The average molecular weight is 199 g/mol. The Labute approximate surface area is 84.8 Å². The largest absolute Gasteiger partial charge is 0.367 e. The van der Waals surface area contributed by atoms with Gasteiger partial charge in [-0.3, -0.25) is 0 Å². The van der Waals surface area contributed by atoms with Crippen LogP contribution >= 0.6 is 0 Å². The van der Waals surface area contributed by atoms with Gasteiger partial charge in [0, 0.05) is 26.2 Å². The normalized spacial score (nSPS) is 20.9. The number of unbranched alkanes of at least 4 members (excludes halogenated alkanes) is 1. The molecule has 1 aliphatic rings. The lowest BCUT2D eigenvalue weighted by atomic mass is 10.3. The summed E-state index contributed by atoms with van der Waals surface area (Å²) in [5.41, 5.74) is 0. The van der Waals surface area contributed by atoms with Crippen LogP contribution in [0, 0.1) is 11.3 Å². The van der Waals surface area contributed by atoms with Crippen LogP contribution in [0.3, 0.4) is 0 Å². The molecule has 0 aliphatic carbocycles. The van der Waals surface area contributed by atoms with E-state index in [1.165, 1.54) is 0 Å². The summed E-state index contributed by atoms with van der Waals surface area (Å²) in [4.78, 5) is 0. The number of hydrogen-bond donors (Lipinski definition) is 0. The Balaban J connectivity index is 1.78. The minimum atomic E-state index is 0.0232. The van der Waals surface area contributed by atoms with Crippen LogP contribution in [0.2, 0.25) is 0 Å². The van der Waals surface area contributed by atoms with Crippen LogP contribution in [-0.2, 0) is 14.2 Å². The Morgan fingerprint density at radius 2 is 2.21 bits per heavy atom. The summed E-state index contributed by atoms with van der Waals surface area (Å²) in [6.07, 6.45) is 4.05. The average Bonchev–Trinajstić information content (AvgIpc) is 2.69. The van der Waals surface area contributed by atoms with E-state index >= 15 is 0 Å². The fourth-order valence-corrected chi connectivity index (χ4v) is 1.32. The van der Waals surface area contributed by atoms with Crippen molar-refractivity contribution in [3.8, 4) is 6.07 Å². The quantitative estimate of drug-likeness (QED) is 0.582. The van der Waals surface area contributed by atoms with Gasteiger partial charge in [0.2, 0.25) is 0 Å². The van der Waals surface area contributed by atoms with E-state index in [0.717, 1.165) is 38.9 Å². The fraction of sp³-hybridized carbons (Fsp3) is 0.900. The van der Waals surface area contributed by atoms with Crippen molar-refractivity contribution in [3.63, 3.8) is 0 Å². The van der Waals surface area contributed by atoms with Crippen molar-refractivity contribution in [2.75, 3.05) is 26.4 Å². The summed E-state index contributed by atoms with van der Waals surface area (Å²) in [5.74, 6) is 0. The standard InChI is InChI=1S/C10H17NO3/c11-5-9-12-6-1-2-7-13-10-4-3-8-14-10/h10H,1-4,6-9H2. The lowest BCUT2D eigenvalue weighted by Gasteiger charge is -2.10. The molecule has 1 atom stereocenters. The zero-order valence-corrected chi connectivity index (χ0v) is 8.41. The minimum Gasteiger partial charge on any atom is -0.367 e. The number of nitriles is 1. The van der Waals surface area contributed by atoms with Crippen molar-refractivity contribution in [2.45, 2.75) is 32.0 Å². The molecule has 80 valence electrons. The van der Waals surface area contributed by atoms with Crippen LogP contribution in [0.4, 0.5) is 0 Å². The first-order valence-electron chi connectivity index (χ1n) is 5.11. The number of rotatable bonds is 7. The van der Waals surface area contributed by atoms with E-state index in [0.29, 0.717) is 6.61 Å². The molecule has 0 aromatic carbocycles. The van der Waals surface area contributed by atoms with Crippen LogP contribution in [0.5, 0.6) is 0 Å². The molecule has 0 aromatic rings. The lowest BCUT2D eigenvalue weighted by molar-refractivity contribution is -0.112. The second-order valence-electron chi connectivity index (χ2n) is 3.23. The second kappa shape index (κ2) is 7.74. The van der Waals surface area contributed by atoms with Gasteiger partial charge in [0.1, 0.15) is 6.61 Å². The van der Waals surface area contributed by atoms with Crippen LogP contribution in [-0.4, -0.2) is 32.7 Å². The highest BCUT2D eigenvalue weighted by atomic mass is 16.7. The number of ether oxygens (including phenoxy) is 3. The van der Waals surface area contributed by atoms with E-state index in [-0.39, 0.29) is 12.9 Å². The number of hydrogen-bond acceptors (Lipinski definition) is 4. The summed E-state index contributed by atoms with van der Waals surface area (Å²) in [5, 5.41) is 8.20. The highest BCUT2D eigenvalue weighted by molar-refractivity contribution is 4.66. The molecule has 1 saturated heterocycles. The van der Waals surface area contributed by atoms with Crippen LogP contribution in [0.25, 0.3) is 0 Å². The monoisotopic (exact) mass is 199 g/mol.